The third-order valence-corrected chi connectivity index (χ3v) is 6.08. The van der Waals surface area contributed by atoms with Crippen molar-refractivity contribution in [1.29, 1.82) is 0 Å². The molecule has 9 heteroatoms. The summed E-state index contributed by atoms with van der Waals surface area (Å²) < 4.78 is 17.5. The first-order valence-electron chi connectivity index (χ1n) is 13.3. The molecule has 3 aromatic rings. The van der Waals surface area contributed by atoms with E-state index in [1.165, 1.54) is 19.1 Å². The molecule has 0 aliphatic rings. The van der Waals surface area contributed by atoms with Gasteiger partial charge in [0.2, 0.25) is 0 Å². The molecular formula is C32H33NO8. The number of pyridine rings is 1. The maximum Gasteiger partial charge on any atom is 0.335 e. The van der Waals surface area contributed by atoms with Gasteiger partial charge in [0.15, 0.2) is 5.78 Å². The van der Waals surface area contributed by atoms with Crippen LogP contribution in [0.25, 0.3) is 0 Å². The minimum Gasteiger partial charge on any atom is -0.496 e. The lowest BCUT2D eigenvalue weighted by Crippen LogP contribution is -2.10. The van der Waals surface area contributed by atoms with Crippen LogP contribution >= 0.6 is 0 Å². The molecule has 1 aromatic heterocycles. The van der Waals surface area contributed by atoms with Crippen molar-refractivity contribution in [2.45, 2.75) is 46.0 Å². The number of aromatic carboxylic acids is 1. The summed E-state index contributed by atoms with van der Waals surface area (Å²) in [4.78, 5) is 38.7. The second kappa shape index (κ2) is 15.1. The molecular weight excluding hydrogens is 526 g/mol. The van der Waals surface area contributed by atoms with Gasteiger partial charge in [0.25, 0.3) is 0 Å². The third-order valence-electron chi connectivity index (χ3n) is 6.08. The van der Waals surface area contributed by atoms with Gasteiger partial charge in [0.1, 0.15) is 22.9 Å². The standard InChI is InChI=1S/C32H33NO8/c1-4-6-26-28(17-14-25(21(2)34)31(26)39-3)40-19-5-20-41-29-16-13-24(33-27(29)15-18-30(35)36)12-9-22-7-10-23(11-8-22)32(37)38/h7-8,10-11,13-14,16-17H,4-6,15,18-20H2,1-3H3,(H,35,36)(H,37,38). The third kappa shape index (κ3) is 8.83. The van der Waals surface area contributed by atoms with E-state index < -0.39 is 11.9 Å². The van der Waals surface area contributed by atoms with Crippen molar-refractivity contribution in [3.8, 4) is 29.1 Å². The van der Waals surface area contributed by atoms with Crippen LogP contribution in [0.1, 0.15) is 76.3 Å². The molecule has 0 bridgehead atoms. The fourth-order valence-corrected chi connectivity index (χ4v) is 4.09. The summed E-state index contributed by atoms with van der Waals surface area (Å²) in [5.74, 6) is 5.52. The molecule has 0 aliphatic carbocycles. The molecule has 0 spiro atoms. The quantitative estimate of drug-likeness (QED) is 0.155. The monoisotopic (exact) mass is 559 g/mol. The lowest BCUT2D eigenvalue weighted by molar-refractivity contribution is -0.137. The molecule has 0 unspecified atom stereocenters. The number of ether oxygens (including phenoxy) is 3. The van der Waals surface area contributed by atoms with E-state index in [9.17, 15) is 14.4 Å². The molecule has 0 saturated carbocycles. The summed E-state index contributed by atoms with van der Waals surface area (Å²) in [7, 11) is 1.55. The number of ketones is 1. The number of carbonyl (C=O) groups is 3. The number of Topliss-reactive ketones (excluding diaryl/α,β-unsaturated/α-hetero) is 1. The van der Waals surface area contributed by atoms with Gasteiger partial charge >= 0.3 is 11.9 Å². The van der Waals surface area contributed by atoms with E-state index in [2.05, 4.69) is 16.8 Å². The Bertz CT molecular complexity index is 1450. The van der Waals surface area contributed by atoms with Crippen molar-refractivity contribution in [1.82, 2.24) is 4.98 Å². The van der Waals surface area contributed by atoms with Crippen LogP contribution in [0.15, 0.2) is 48.5 Å². The number of aryl methyl sites for hydroxylation is 1. The van der Waals surface area contributed by atoms with Gasteiger partial charge in [-0.3, -0.25) is 9.59 Å². The van der Waals surface area contributed by atoms with Gasteiger partial charge in [0, 0.05) is 24.0 Å². The Morgan fingerprint density at radius 1 is 0.878 bits per heavy atom. The summed E-state index contributed by atoms with van der Waals surface area (Å²) in [5, 5.41) is 18.2. The highest BCUT2D eigenvalue weighted by atomic mass is 16.5. The van der Waals surface area contributed by atoms with Gasteiger partial charge in [-0.1, -0.05) is 19.3 Å². The summed E-state index contributed by atoms with van der Waals surface area (Å²) >= 11 is 0. The van der Waals surface area contributed by atoms with Crippen LogP contribution in [0.4, 0.5) is 0 Å². The minimum atomic E-state index is -1.01. The van der Waals surface area contributed by atoms with Gasteiger partial charge in [-0.2, -0.15) is 0 Å². The normalized spacial score (nSPS) is 10.3. The van der Waals surface area contributed by atoms with Crippen molar-refractivity contribution in [2.75, 3.05) is 20.3 Å². The van der Waals surface area contributed by atoms with E-state index in [-0.39, 0.29) is 24.2 Å². The Labute approximate surface area is 239 Å². The number of nitrogens with zero attached hydrogens (tertiary/aromatic N) is 1. The zero-order valence-electron chi connectivity index (χ0n) is 23.4. The summed E-state index contributed by atoms with van der Waals surface area (Å²) in [6.07, 6.45) is 2.18. The van der Waals surface area contributed by atoms with E-state index in [1.54, 1.807) is 43.5 Å². The lowest BCUT2D eigenvalue weighted by Gasteiger charge is -2.17. The molecule has 9 nitrogen and oxygen atoms in total. The van der Waals surface area contributed by atoms with Crippen LogP contribution in [-0.2, 0) is 17.6 Å². The Kier molecular flexibility index (Phi) is 11.3. The Morgan fingerprint density at radius 3 is 2.17 bits per heavy atom. The van der Waals surface area contributed by atoms with Crippen LogP contribution in [0.5, 0.6) is 17.2 Å². The molecule has 41 heavy (non-hydrogen) atoms. The minimum absolute atomic E-state index is 0.0714. The van der Waals surface area contributed by atoms with Gasteiger partial charge in [-0.25, -0.2) is 9.78 Å². The van der Waals surface area contributed by atoms with Crippen LogP contribution in [-0.4, -0.2) is 53.2 Å². The maximum atomic E-state index is 12.0. The average molecular weight is 560 g/mol. The predicted molar refractivity (Wildman–Crippen MR) is 152 cm³/mol. The number of carbonyl (C=O) groups excluding carboxylic acids is 1. The Morgan fingerprint density at radius 2 is 1.56 bits per heavy atom. The molecule has 0 amide bonds. The predicted octanol–water partition coefficient (Wildman–Crippen LogP) is 5.21. The van der Waals surface area contributed by atoms with Crippen molar-refractivity contribution in [3.05, 3.63) is 82.2 Å². The van der Waals surface area contributed by atoms with Crippen molar-refractivity contribution < 1.29 is 38.8 Å². The second-order valence-corrected chi connectivity index (χ2v) is 9.15. The number of carboxylic acids is 2. The molecule has 3 rings (SSSR count). The zero-order chi connectivity index (χ0) is 29.8. The molecule has 0 radical (unpaired) electrons. The molecule has 0 fully saturated rings. The molecule has 1 heterocycles. The van der Waals surface area contributed by atoms with E-state index in [4.69, 9.17) is 24.4 Å². The fraction of sp³-hybridized carbons (Fsp3) is 0.312. The summed E-state index contributed by atoms with van der Waals surface area (Å²) in [6, 6.07) is 13.1. The van der Waals surface area contributed by atoms with Gasteiger partial charge in [-0.05, 0) is 67.8 Å². The van der Waals surface area contributed by atoms with Crippen LogP contribution in [0.2, 0.25) is 0 Å². The first-order chi connectivity index (χ1) is 19.7. The molecule has 0 saturated heterocycles. The van der Waals surface area contributed by atoms with E-state index in [0.29, 0.717) is 65.8 Å². The average Bonchev–Trinajstić information content (AvgIpc) is 2.95. The van der Waals surface area contributed by atoms with Crippen molar-refractivity contribution in [3.63, 3.8) is 0 Å². The van der Waals surface area contributed by atoms with Crippen molar-refractivity contribution >= 4 is 17.7 Å². The van der Waals surface area contributed by atoms with E-state index >= 15 is 0 Å². The highest BCUT2D eigenvalue weighted by Crippen LogP contribution is 2.34. The number of rotatable bonds is 14. The largest absolute Gasteiger partial charge is 0.496 e. The second-order valence-electron chi connectivity index (χ2n) is 9.15. The zero-order valence-corrected chi connectivity index (χ0v) is 23.4. The molecule has 2 aromatic carbocycles. The first kappa shape index (κ1) is 30.7. The highest BCUT2D eigenvalue weighted by Gasteiger charge is 2.17. The van der Waals surface area contributed by atoms with Gasteiger partial charge in [0.05, 0.1) is 43.6 Å². The van der Waals surface area contributed by atoms with Crippen molar-refractivity contribution in [2.24, 2.45) is 0 Å². The Balaban J connectivity index is 1.66. The number of hydrogen-bond donors (Lipinski definition) is 2. The lowest BCUT2D eigenvalue weighted by atomic mass is 10.0. The smallest absolute Gasteiger partial charge is 0.335 e. The molecule has 0 atom stereocenters. The van der Waals surface area contributed by atoms with Gasteiger partial charge in [-0.15, -0.1) is 0 Å². The number of carboxylic acid groups (broad SMARTS) is 2. The van der Waals surface area contributed by atoms with Crippen LogP contribution < -0.4 is 14.2 Å². The van der Waals surface area contributed by atoms with E-state index in [0.717, 1.165) is 12.0 Å². The molecule has 214 valence electrons. The molecule has 0 aliphatic heterocycles. The Hall–Kier alpha value is -4.84. The SMILES string of the molecule is CCCc1c(OCCCOc2ccc(C#Cc3ccc(C(=O)O)cc3)nc2CCC(=O)O)ccc(C(C)=O)c1OC. The number of hydrogen-bond acceptors (Lipinski definition) is 7. The number of aromatic nitrogens is 1. The van der Waals surface area contributed by atoms with E-state index in [1.807, 2.05) is 6.92 Å². The topological polar surface area (TPSA) is 132 Å². The molecule has 2 N–H and O–H groups in total. The van der Waals surface area contributed by atoms with Crippen LogP contribution in [0.3, 0.4) is 0 Å². The number of benzene rings is 2. The first-order valence-corrected chi connectivity index (χ1v) is 13.3. The maximum absolute atomic E-state index is 12.0. The summed E-state index contributed by atoms with van der Waals surface area (Å²) in [6.45, 7) is 4.23. The fourth-order valence-electron chi connectivity index (χ4n) is 4.09. The summed E-state index contributed by atoms with van der Waals surface area (Å²) in [5.41, 5.74) is 3.10. The van der Waals surface area contributed by atoms with Gasteiger partial charge < -0.3 is 24.4 Å². The number of methoxy groups -OCH3 is 1. The highest BCUT2D eigenvalue weighted by molar-refractivity contribution is 5.97. The van der Waals surface area contributed by atoms with Crippen LogP contribution in [0, 0.1) is 11.8 Å². The number of aliphatic carboxylic acids is 1.